The molecular weight excluding hydrogens is 851 g/mol. The third-order valence-corrected chi connectivity index (χ3v) is 13.7. The number of hydrogen-bond acceptors (Lipinski definition) is 10. The molecule has 2 rings (SSSR count). The molecule has 0 radical (unpaired) electrons. The summed E-state index contributed by atoms with van der Waals surface area (Å²) in [6.45, 7) is 12.2. The summed E-state index contributed by atoms with van der Waals surface area (Å²) in [4.78, 5) is 29.9. The zero-order valence-corrected chi connectivity index (χ0v) is 44.5. The molecule has 2 aliphatic rings. The minimum absolute atomic E-state index is 0.0769. The van der Waals surface area contributed by atoms with Gasteiger partial charge in [0.15, 0.2) is 16.7 Å². The zero-order valence-electron chi connectivity index (χ0n) is 43.7. The topological polar surface area (TPSA) is 108 Å². The van der Waals surface area contributed by atoms with Crippen LogP contribution in [0.1, 0.15) is 240 Å². The van der Waals surface area contributed by atoms with Gasteiger partial charge in [0.05, 0.1) is 38.6 Å². The standard InChI is InChI=1S/C54H103N3O8S/c1-7-11-15-19-21-23-29-38-53(36-27-17-13-9-3)62-46-48(64-53)34-25-31-42-60-50(58)44-57(52(66)55-40-33-41-56(5)6)45-51(59)61-43-32-26-35-49-47-63-54(65-49,37-28-18-14-10-4)39-30-24-22-20-16-12-8-2/h48-49H,7-47H2,1-6H3,(H,55,66). The summed E-state index contributed by atoms with van der Waals surface area (Å²) >= 11 is 5.68. The zero-order chi connectivity index (χ0) is 48.0. The van der Waals surface area contributed by atoms with Crippen LogP contribution in [0.5, 0.6) is 0 Å². The lowest BCUT2D eigenvalue weighted by Crippen LogP contribution is -2.46. The highest BCUT2D eigenvalue weighted by molar-refractivity contribution is 7.80. The molecule has 66 heavy (non-hydrogen) atoms. The number of nitrogens with zero attached hydrogens (tertiary/aromatic N) is 2. The summed E-state index contributed by atoms with van der Waals surface area (Å²) in [5.74, 6) is -1.70. The van der Waals surface area contributed by atoms with Gasteiger partial charge in [-0.05, 0) is 103 Å². The van der Waals surface area contributed by atoms with Crippen molar-refractivity contribution in [2.24, 2.45) is 0 Å². The van der Waals surface area contributed by atoms with E-state index in [2.05, 4.69) is 37.9 Å². The number of nitrogens with one attached hydrogen (secondary N) is 1. The van der Waals surface area contributed by atoms with Crippen molar-refractivity contribution in [2.75, 3.05) is 66.7 Å². The maximum absolute atomic E-state index is 13.1. The van der Waals surface area contributed by atoms with Crippen LogP contribution < -0.4 is 5.32 Å². The Balaban J connectivity index is 1.77. The van der Waals surface area contributed by atoms with Crippen molar-refractivity contribution < 1.29 is 38.0 Å². The van der Waals surface area contributed by atoms with E-state index in [-0.39, 0.29) is 25.3 Å². The highest BCUT2D eigenvalue weighted by Gasteiger charge is 2.41. The molecule has 4 atom stereocenters. The van der Waals surface area contributed by atoms with Crippen molar-refractivity contribution in [3.05, 3.63) is 0 Å². The van der Waals surface area contributed by atoms with Gasteiger partial charge in [0.1, 0.15) is 13.1 Å². The summed E-state index contributed by atoms with van der Waals surface area (Å²) in [6, 6.07) is 0. The molecule has 2 fully saturated rings. The molecule has 0 bridgehead atoms. The molecule has 0 aromatic rings. The molecule has 0 spiro atoms. The van der Waals surface area contributed by atoms with Crippen LogP contribution >= 0.6 is 12.2 Å². The normalized spacial score (nSPS) is 20.6. The van der Waals surface area contributed by atoms with E-state index in [0.717, 1.165) is 103 Å². The lowest BCUT2D eigenvalue weighted by molar-refractivity contribution is -0.180. The largest absolute Gasteiger partial charge is 0.464 e. The van der Waals surface area contributed by atoms with Crippen LogP contribution in [0.4, 0.5) is 0 Å². The molecule has 0 saturated carbocycles. The average Bonchev–Trinajstić information content (AvgIpc) is 3.91. The Hall–Kier alpha value is -1.57. The van der Waals surface area contributed by atoms with Gasteiger partial charge in [-0.2, -0.15) is 0 Å². The van der Waals surface area contributed by atoms with Crippen LogP contribution in [0.25, 0.3) is 0 Å². The van der Waals surface area contributed by atoms with Crippen molar-refractivity contribution in [2.45, 2.75) is 263 Å². The fraction of sp³-hybridized carbons (Fsp3) is 0.944. The van der Waals surface area contributed by atoms with Crippen molar-refractivity contribution in [1.29, 1.82) is 0 Å². The smallest absolute Gasteiger partial charge is 0.325 e. The predicted octanol–water partition coefficient (Wildman–Crippen LogP) is 13.0. The van der Waals surface area contributed by atoms with Gasteiger partial charge < -0.3 is 43.5 Å². The van der Waals surface area contributed by atoms with E-state index >= 15 is 0 Å². The molecule has 0 aromatic carbocycles. The Morgan fingerprint density at radius 2 is 0.894 bits per heavy atom. The van der Waals surface area contributed by atoms with Crippen molar-refractivity contribution >= 4 is 29.3 Å². The molecule has 2 saturated heterocycles. The summed E-state index contributed by atoms with van der Waals surface area (Å²) in [5, 5.41) is 3.58. The summed E-state index contributed by atoms with van der Waals surface area (Å²) in [6.07, 6.45) is 37.5. The first-order chi connectivity index (χ1) is 32.1. The van der Waals surface area contributed by atoms with E-state index in [1.807, 2.05) is 14.1 Å². The first-order valence-electron chi connectivity index (χ1n) is 27.7. The number of carbonyl (C=O) groups excluding carboxylic acids is 2. The van der Waals surface area contributed by atoms with Gasteiger partial charge >= 0.3 is 11.9 Å². The first-order valence-corrected chi connectivity index (χ1v) is 28.1. The number of esters is 2. The van der Waals surface area contributed by atoms with E-state index in [1.54, 1.807) is 4.90 Å². The number of carbonyl (C=O) groups is 2. The van der Waals surface area contributed by atoms with Gasteiger partial charge in [0.25, 0.3) is 0 Å². The lowest BCUT2D eigenvalue weighted by Gasteiger charge is -2.28. The van der Waals surface area contributed by atoms with Gasteiger partial charge in [-0.3, -0.25) is 9.59 Å². The second kappa shape index (κ2) is 39.2. The van der Waals surface area contributed by atoms with Crippen LogP contribution in [-0.4, -0.2) is 117 Å². The monoisotopic (exact) mass is 954 g/mol. The first kappa shape index (κ1) is 60.6. The molecule has 4 unspecified atom stereocenters. The van der Waals surface area contributed by atoms with E-state index in [9.17, 15) is 9.59 Å². The van der Waals surface area contributed by atoms with E-state index in [0.29, 0.717) is 38.1 Å². The van der Waals surface area contributed by atoms with Crippen LogP contribution in [0.15, 0.2) is 0 Å². The molecule has 2 heterocycles. The van der Waals surface area contributed by atoms with Gasteiger partial charge in [-0.1, -0.05) is 143 Å². The van der Waals surface area contributed by atoms with Crippen molar-refractivity contribution in [1.82, 2.24) is 15.1 Å². The number of rotatable bonds is 44. The molecular formula is C54H103N3O8S. The highest BCUT2D eigenvalue weighted by Crippen LogP contribution is 2.37. The number of hydrogen-bond donors (Lipinski definition) is 1. The number of unbranched alkanes of at least 4 members (excludes halogenated alkanes) is 20. The van der Waals surface area contributed by atoms with Crippen molar-refractivity contribution in [3.8, 4) is 0 Å². The van der Waals surface area contributed by atoms with E-state index in [4.69, 9.17) is 40.6 Å². The van der Waals surface area contributed by atoms with E-state index < -0.39 is 23.5 Å². The number of ether oxygens (including phenoxy) is 6. The lowest BCUT2D eigenvalue weighted by atomic mass is 9.99. The van der Waals surface area contributed by atoms with Crippen LogP contribution in [0, 0.1) is 0 Å². The summed E-state index contributed by atoms with van der Waals surface area (Å²) in [5.41, 5.74) is 0. The Bertz CT molecular complexity index is 1140. The Morgan fingerprint density at radius 1 is 0.530 bits per heavy atom. The molecule has 0 aliphatic carbocycles. The molecule has 0 aromatic heterocycles. The second-order valence-corrected chi connectivity index (χ2v) is 20.4. The second-order valence-electron chi connectivity index (χ2n) is 20.0. The molecule has 2 aliphatic heterocycles. The molecule has 388 valence electrons. The highest BCUT2D eigenvalue weighted by atomic mass is 32.1. The minimum Gasteiger partial charge on any atom is -0.464 e. The van der Waals surface area contributed by atoms with Crippen LogP contribution in [0.3, 0.4) is 0 Å². The average molecular weight is 954 g/mol. The maximum Gasteiger partial charge on any atom is 0.325 e. The third-order valence-electron chi connectivity index (χ3n) is 13.3. The summed E-state index contributed by atoms with van der Waals surface area (Å²) < 4.78 is 37.6. The predicted molar refractivity (Wildman–Crippen MR) is 275 cm³/mol. The van der Waals surface area contributed by atoms with Gasteiger partial charge in [0.2, 0.25) is 0 Å². The molecule has 11 nitrogen and oxygen atoms in total. The van der Waals surface area contributed by atoms with Gasteiger partial charge in [-0.15, -0.1) is 0 Å². The minimum atomic E-state index is -0.440. The Kier molecular flexibility index (Phi) is 35.9. The fourth-order valence-electron chi connectivity index (χ4n) is 9.26. The quantitative estimate of drug-likeness (QED) is 0.0357. The van der Waals surface area contributed by atoms with Gasteiger partial charge in [-0.25, -0.2) is 0 Å². The molecule has 1 N–H and O–H groups in total. The van der Waals surface area contributed by atoms with E-state index in [1.165, 1.54) is 116 Å². The molecule has 0 amide bonds. The SMILES string of the molecule is CCCCCCCCCC1(CCCCCC)OCC(CCCCOC(=O)CN(CC(=O)OCCCCC2COC(CCCCCC)(CCCCCCCCC)O2)C(=S)NCCCN(C)C)O1. The van der Waals surface area contributed by atoms with Crippen LogP contribution in [-0.2, 0) is 38.0 Å². The third kappa shape index (κ3) is 29.5. The molecule has 12 heteroatoms. The number of thiocarbonyl (C=S) groups is 1. The fourth-order valence-corrected chi connectivity index (χ4v) is 9.49. The maximum atomic E-state index is 13.1. The van der Waals surface area contributed by atoms with Crippen LogP contribution in [0.2, 0.25) is 0 Å². The van der Waals surface area contributed by atoms with Gasteiger partial charge in [0, 0.05) is 32.2 Å². The Labute approximate surface area is 411 Å². The summed E-state index contributed by atoms with van der Waals surface area (Å²) in [7, 11) is 4.06. The Morgan fingerprint density at radius 3 is 1.27 bits per heavy atom. The van der Waals surface area contributed by atoms with Crippen molar-refractivity contribution in [3.63, 3.8) is 0 Å².